The predicted molar refractivity (Wildman–Crippen MR) is 81.2 cm³/mol. The Morgan fingerprint density at radius 2 is 2.05 bits per heavy atom. The Kier molecular flexibility index (Phi) is 3.58. The molecule has 0 amide bonds. The first-order chi connectivity index (χ1) is 9.74. The van der Waals surface area contributed by atoms with Crippen LogP contribution in [0.3, 0.4) is 0 Å². The van der Waals surface area contributed by atoms with Crippen LogP contribution in [0, 0.1) is 13.8 Å². The van der Waals surface area contributed by atoms with Crippen LogP contribution in [0.2, 0.25) is 0 Å². The van der Waals surface area contributed by atoms with E-state index in [1.807, 2.05) is 25.3 Å². The van der Waals surface area contributed by atoms with E-state index in [-0.39, 0.29) is 0 Å². The van der Waals surface area contributed by atoms with E-state index < -0.39 is 0 Å². The highest BCUT2D eigenvalue weighted by Crippen LogP contribution is 2.23. The van der Waals surface area contributed by atoms with Gasteiger partial charge in [0, 0.05) is 25.3 Å². The van der Waals surface area contributed by atoms with Gasteiger partial charge in [-0.15, -0.1) is 0 Å². The summed E-state index contributed by atoms with van der Waals surface area (Å²) in [5, 5.41) is 10.9. The Balaban J connectivity index is 1.59. The fourth-order valence-electron chi connectivity index (χ4n) is 2.76. The summed E-state index contributed by atoms with van der Waals surface area (Å²) >= 11 is 0. The predicted octanol–water partition coefficient (Wildman–Crippen LogP) is 2.50. The summed E-state index contributed by atoms with van der Waals surface area (Å²) in [5.41, 5.74) is 3.34. The zero-order valence-electron chi connectivity index (χ0n) is 12.1. The second kappa shape index (κ2) is 5.53. The van der Waals surface area contributed by atoms with Gasteiger partial charge in [0.05, 0.1) is 17.1 Å². The van der Waals surface area contributed by atoms with Gasteiger partial charge >= 0.3 is 0 Å². The van der Waals surface area contributed by atoms with Gasteiger partial charge in [-0.2, -0.15) is 5.10 Å². The third-order valence-corrected chi connectivity index (χ3v) is 3.94. The summed E-state index contributed by atoms with van der Waals surface area (Å²) in [4.78, 5) is 6.78. The average Bonchev–Trinajstić information content (AvgIpc) is 2.81. The number of nitrogens with zero attached hydrogens (tertiary/aromatic N) is 3. The van der Waals surface area contributed by atoms with Crippen molar-refractivity contribution in [1.29, 1.82) is 0 Å². The fourth-order valence-corrected chi connectivity index (χ4v) is 2.76. The summed E-state index contributed by atoms with van der Waals surface area (Å²) in [6.45, 7) is 6.19. The summed E-state index contributed by atoms with van der Waals surface area (Å²) < 4.78 is 0. The Bertz CT molecular complexity index is 535. The lowest BCUT2D eigenvalue weighted by atomic mass is 10.0. The lowest BCUT2D eigenvalue weighted by Crippen LogP contribution is -2.39. The molecule has 2 aromatic rings. The molecule has 2 N–H and O–H groups in total. The van der Waals surface area contributed by atoms with Gasteiger partial charge < -0.3 is 10.2 Å². The molecule has 1 saturated heterocycles. The summed E-state index contributed by atoms with van der Waals surface area (Å²) in [6.07, 6.45) is 4.11. The highest BCUT2D eigenvalue weighted by Gasteiger charge is 2.21. The average molecular weight is 271 g/mol. The second-order valence-electron chi connectivity index (χ2n) is 5.40. The van der Waals surface area contributed by atoms with Crippen molar-refractivity contribution < 1.29 is 0 Å². The number of H-pyrrole nitrogens is 1. The number of nitrogens with one attached hydrogen (secondary N) is 2. The third-order valence-electron chi connectivity index (χ3n) is 3.94. The van der Waals surface area contributed by atoms with Gasteiger partial charge in [0.1, 0.15) is 5.82 Å². The highest BCUT2D eigenvalue weighted by atomic mass is 15.2. The van der Waals surface area contributed by atoms with Crippen molar-refractivity contribution in [2.75, 3.05) is 23.3 Å². The molecule has 1 aliphatic rings. The van der Waals surface area contributed by atoms with Crippen LogP contribution in [0.4, 0.5) is 11.5 Å². The fraction of sp³-hybridized carbons (Fsp3) is 0.467. The van der Waals surface area contributed by atoms with Crippen LogP contribution >= 0.6 is 0 Å². The molecule has 2 aromatic heterocycles. The molecule has 0 aromatic carbocycles. The van der Waals surface area contributed by atoms with E-state index in [1.165, 1.54) is 5.69 Å². The van der Waals surface area contributed by atoms with Gasteiger partial charge in [0.15, 0.2) is 0 Å². The molecule has 0 saturated carbocycles. The zero-order valence-corrected chi connectivity index (χ0v) is 12.1. The van der Waals surface area contributed by atoms with E-state index in [4.69, 9.17) is 0 Å². The van der Waals surface area contributed by atoms with Crippen molar-refractivity contribution in [1.82, 2.24) is 15.2 Å². The normalized spacial score (nSPS) is 16.4. The molecule has 0 aliphatic carbocycles. The van der Waals surface area contributed by atoms with Gasteiger partial charge in [-0.05, 0) is 38.8 Å². The van der Waals surface area contributed by atoms with Crippen LogP contribution in [0.15, 0.2) is 24.4 Å². The number of aryl methyl sites for hydroxylation is 2. The van der Waals surface area contributed by atoms with Crippen LogP contribution in [0.25, 0.3) is 0 Å². The maximum Gasteiger partial charge on any atom is 0.128 e. The maximum atomic E-state index is 4.42. The zero-order chi connectivity index (χ0) is 13.9. The number of aromatic amines is 1. The van der Waals surface area contributed by atoms with E-state index in [1.54, 1.807) is 0 Å². The minimum Gasteiger partial charge on any atom is -0.379 e. The number of piperidine rings is 1. The first kappa shape index (κ1) is 13.0. The van der Waals surface area contributed by atoms with E-state index >= 15 is 0 Å². The molecule has 3 heterocycles. The third kappa shape index (κ3) is 2.61. The minimum absolute atomic E-state index is 0.518. The van der Waals surface area contributed by atoms with E-state index in [9.17, 15) is 0 Å². The molecule has 1 aliphatic heterocycles. The second-order valence-corrected chi connectivity index (χ2v) is 5.40. The van der Waals surface area contributed by atoms with E-state index in [0.29, 0.717) is 6.04 Å². The number of rotatable bonds is 3. The van der Waals surface area contributed by atoms with Crippen LogP contribution in [-0.4, -0.2) is 34.3 Å². The van der Waals surface area contributed by atoms with Crippen molar-refractivity contribution in [2.24, 2.45) is 0 Å². The Morgan fingerprint density at radius 1 is 1.25 bits per heavy atom. The molecule has 5 heteroatoms. The number of hydrogen-bond donors (Lipinski definition) is 2. The number of hydrogen-bond acceptors (Lipinski definition) is 4. The maximum absolute atomic E-state index is 4.42. The first-order valence-electron chi connectivity index (χ1n) is 7.18. The minimum atomic E-state index is 0.518. The van der Waals surface area contributed by atoms with Crippen LogP contribution in [0.1, 0.15) is 24.2 Å². The first-order valence-corrected chi connectivity index (χ1v) is 7.18. The largest absolute Gasteiger partial charge is 0.379 e. The molecule has 3 rings (SSSR count). The quantitative estimate of drug-likeness (QED) is 0.900. The van der Waals surface area contributed by atoms with Crippen molar-refractivity contribution >= 4 is 11.5 Å². The molecule has 1 fully saturated rings. The number of aromatic nitrogens is 3. The molecular formula is C15H21N5. The molecule has 20 heavy (non-hydrogen) atoms. The molecule has 0 atom stereocenters. The highest BCUT2D eigenvalue weighted by molar-refractivity contribution is 5.52. The molecule has 0 unspecified atom stereocenters. The van der Waals surface area contributed by atoms with Crippen LogP contribution < -0.4 is 10.2 Å². The Morgan fingerprint density at radius 3 is 2.65 bits per heavy atom. The van der Waals surface area contributed by atoms with Crippen LogP contribution in [-0.2, 0) is 0 Å². The number of anilines is 2. The van der Waals surface area contributed by atoms with E-state index in [2.05, 4.69) is 38.4 Å². The van der Waals surface area contributed by atoms with Crippen LogP contribution in [0.5, 0.6) is 0 Å². The van der Waals surface area contributed by atoms with Crippen molar-refractivity contribution in [3.8, 4) is 0 Å². The van der Waals surface area contributed by atoms with Gasteiger partial charge in [-0.3, -0.25) is 5.10 Å². The Labute approximate surface area is 119 Å². The molecule has 0 spiro atoms. The molecular weight excluding hydrogens is 250 g/mol. The topological polar surface area (TPSA) is 56.8 Å². The lowest BCUT2D eigenvalue weighted by molar-refractivity contribution is 0.523. The SMILES string of the molecule is Cc1n[nH]c(C)c1NC1CCN(c2ccccn2)CC1. The summed E-state index contributed by atoms with van der Waals surface area (Å²) in [5.74, 6) is 1.08. The van der Waals surface area contributed by atoms with E-state index in [0.717, 1.165) is 43.1 Å². The monoisotopic (exact) mass is 271 g/mol. The van der Waals surface area contributed by atoms with Gasteiger partial charge in [0.2, 0.25) is 0 Å². The van der Waals surface area contributed by atoms with Gasteiger partial charge in [-0.1, -0.05) is 6.07 Å². The van der Waals surface area contributed by atoms with Crippen molar-refractivity contribution in [3.05, 3.63) is 35.8 Å². The van der Waals surface area contributed by atoms with Crippen molar-refractivity contribution in [3.63, 3.8) is 0 Å². The van der Waals surface area contributed by atoms with Gasteiger partial charge in [0.25, 0.3) is 0 Å². The van der Waals surface area contributed by atoms with Crippen molar-refractivity contribution in [2.45, 2.75) is 32.7 Å². The van der Waals surface area contributed by atoms with Gasteiger partial charge in [-0.25, -0.2) is 4.98 Å². The molecule has 106 valence electrons. The smallest absolute Gasteiger partial charge is 0.128 e. The number of pyridine rings is 1. The molecule has 0 bridgehead atoms. The standard InChI is InChI=1S/C15H21N5/c1-11-15(12(2)19-18-11)17-13-6-9-20(10-7-13)14-5-3-4-8-16-14/h3-5,8,13,17H,6-7,9-10H2,1-2H3,(H,18,19). The summed E-state index contributed by atoms with van der Waals surface area (Å²) in [7, 11) is 0. The molecule has 5 nitrogen and oxygen atoms in total. The summed E-state index contributed by atoms with van der Waals surface area (Å²) in [6, 6.07) is 6.61. The Hall–Kier alpha value is -2.04. The molecule has 0 radical (unpaired) electrons. The lowest BCUT2D eigenvalue weighted by Gasteiger charge is -2.33.